The average molecular weight is 224 g/mol. The van der Waals surface area contributed by atoms with Gasteiger partial charge in [0.2, 0.25) is 0 Å². The molecule has 0 atom stereocenters. The van der Waals surface area contributed by atoms with Gasteiger partial charge in [-0.05, 0) is 29.8 Å². The van der Waals surface area contributed by atoms with E-state index in [1.165, 1.54) is 0 Å². The molecular formula is C13H12N4. The lowest BCUT2D eigenvalue weighted by Gasteiger charge is -2.05. The molecule has 0 bridgehead atoms. The van der Waals surface area contributed by atoms with E-state index in [9.17, 15) is 0 Å². The fourth-order valence-corrected chi connectivity index (χ4v) is 1.87. The number of imidazole rings is 1. The van der Waals surface area contributed by atoms with Gasteiger partial charge >= 0.3 is 0 Å². The summed E-state index contributed by atoms with van der Waals surface area (Å²) in [6.45, 7) is 0.536. The van der Waals surface area contributed by atoms with Gasteiger partial charge in [-0.3, -0.25) is 4.57 Å². The second-order valence-corrected chi connectivity index (χ2v) is 3.83. The molecule has 2 N–H and O–H groups in total. The van der Waals surface area contributed by atoms with Crippen LogP contribution in [0.5, 0.6) is 0 Å². The van der Waals surface area contributed by atoms with E-state index in [0.29, 0.717) is 6.54 Å². The average Bonchev–Trinajstić information content (AvgIpc) is 2.82. The molecule has 0 saturated carbocycles. The summed E-state index contributed by atoms with van der Waals surface area (Å²) in [6.07, 6.45) is 3.56. The third-order valence-corrected chi connectivity index (χ3v) is 2.73. The molecule has 1 aromatic carbocycles. The minimum atomic E-state index is 0.536. The molecule has 0 saturated heterocycles. The van der Waals surface area contributed by atoms with Crippen LogP contribution in [0.3, 0.4) is 0 Å². The first-order valence-corrected chi connectivity index (χ1v) is 5.46. The van der Waals surface area contributed by atoms with Crippen molar-refractivity contribution in [2.75, 3.05) is 0 Å². The summed E-state index contributed by atoms with van der Waals surface area (Å²) >= 11 is 0. The molecule has 17 heavy (non-hydrogen) atoms. The molecule has 2 heterocycles. The Labute approximate surface area is 98.7 Å². The number of rotatable bonds is 2. The van der Waals surface area contributed by atoms with Crippen LogP contribution in [-0.4, -0.2) is 14.5 Å². The maximum Gasteiger partial charge on any atom is 0.164 e. The van der Waals surface area contributed by atoms with Crippen molar-refractivity contribution in [3.63, 3.8) is 0 Å². The molecule has 0 unspecified atom stereocenters. The van der Waals surface area contributed by atoms with Gasteiger partial charge in [-0.25, -0.2) is 9.97 Å². The number of nitrogens with two attached hydrogens (primary N) is 1. The summed E-state index contributed by atoms with van der Waals surface area (Å²) in [6, 6.07) is 11.9. The van der Waals surface area contributed by atoms with Gasteiger partial charge in [-0.1, -0.05) is 12.1 Å². The fourth-order valence-electron chi connectivity index (χ4n) is 1.87. The monoisotopic (exact) mass is 224 g/mol. The molecule has 0 aliphatic heterocycles. The predicted molar refractivity (Wildman–Crippen MR) is 66.8 cm³/mol. The van der Waals surface area contributed by atoms with E-state index in [-0.39, 0.29) is 0 Å². The molecule has 0 spiro atoms. The number of fused-ring (bicyclic) bond motifs is 1. The van der Waals surface area contributed by atoms with Crippen molar-refractivity contribution in [3.05, 3.63) is 54.5 Å². The minimum Gasteiger partial charge on any atom is -0.326 e. The lowest BCUT2D eigenvalue weighted by atomic mass is 10.2. The van der Waals surface area contributed by atoms with Crippen LogP contribution in [0.15, 0.2) is 48.9 Å². The Kier molecular flexibility index (Phi) is 2.34. The van der Waals surface area contributed by atoms with Gasteiger partial charge < -0.3 is 5.73 Å². The summed E-state index contributed by atoms with van der Waals surface area (Å²) in [5.74, 6) is 0. The third kappa shape index (κ3) is 1.68. The van der Waals surface area contributed by atoms with Crippen LogP contribution in [0, 0.1) is 0 Å². The molecular weight excluding hydrogens is 212 g/mol. The Morgan fingerprint density at radius 1 is 1.12 bits per heavy atom. The van der Waals surface area contributed by atoms with Crippen LogP contribution in [0.4, 0.5) is 0 Å². The van der Waals surface area contributed by atoms with Crippen molar-refractivity contribution in [2.24, 2.45) is 5.73 Å². The minimum absolute atomic E-state index is 0.536. The van der Waals surface area contributed by atoms with Crippen LogP contribution >= 0.6 is 0 Å². The molecule has 0 radical (unpaired) electrons. The van der Waals surface area contributed by atoms with Gasteiger partial charge in [0.15, 0.2) is 5.65 Å². The number of pyridine rings is 1. The van der Waals surface area contributed by atoms with E-state index >= 15 is 0 Å². The Morgan fingerprint density at radius 2 is 2.06 bits per heavy atom. The van der Waals surface area contributed by atoms with E-state index in [0.717, 1.165) is 22.4 Å². The Hall–Kier alpha value is -2.20. The number of benzene rings is 1. The molecule has 2 aromatic heterocycles. The van der Waals surface area contributed by atoms with Crippen molar-refractivity contribution >= 4 is 11.2 Å². The van der Waals surface area contributed by atoms with Crippen LogP contribution in [-0.2, 0) is 6.54 Å². The fraction of sp³-hybridized carbons (Fsp3) is 0.0769. The maximum atomic E-state index is 5.64. The summed E-state index contributed by atoms with van der Waals surface area (Å²) in [7, 11) is 0. The van der Waals surface area contributed by atoms with E-state index in [2.05, 4.69) is 16.0 Å². The summed E-state index contributed by atoms with van der Waals surface area (Å²) in [5, 5.41) is 0. The second kappa shape index (κ2) is 3.99. The molecule has 0 aliphatic carbocycles. The van der Waals surface area contributed by atoms with E-state index in [1.54, 1.807) is 12.5 Å². The van der Waals surface area contributed by atoms with Crippen molar-refractivity contribution in [2.45, 2.75) is 6.54 Å². The lowest BCUT2D eigenvalue weighted by molar-refractivity contribution is 1.03. The zero-order valence-electron chi connectivity index (χ0n) is 9.24. The van der Waals surface area contributed by atoms with Gasteiger partial charge in [0, 0.05) is 18.4 Å². The zero-order chi connectivity index (χ0) is 11.7. The van der Waals surface area contributed by atoms with Crippen LogP contribution < -0.4 is 5.73 Å². The molecule has 4 nitrogen and oxygen atoms in total. The normalized spacial score (nSPS) is 10.9. The Bertz CT molecular complexity index is 657. The molecule has 3 rings (SSSR count). The Morgan fingerprint density at radius 3 is 2.94 bits per heavy atom. The molecule has 3 aromatic rings. The SMILES string of the molecule is NCc1cccc(-n2cnc3cccnc32)c1. The molecule has 0 fully saturated rings. The predicted octanol–water partition coefficient (Wildman–Crippen LogP) is 1.88. The van der Waals surface area contributed by atoms with E-state index in [4.69, 9.17) is 5.73 Å². The zero-order valence-corrected chi connectivity index (χ0v) is 9.24. The first-order chi connectivity index (χ1) is 8.38. The van der Waals surface area contributed by atoms with Gasteiger partial charge in [0.25, 0.3) is 0 Å². The van der Waals surface area contributed by atoms with Gasteiger partial charge in [0.05, 0.1) is 0 Å². The number of hydrogen-bond acceptors (Lipinski definition) is 3. The topological polar surface area (TPSA) is 56.7 Å². The quantitative estimate of drug-likeness (QED) is 0.723. The number of hydrogen-bond donors (Lipinski definition) is 1. The largest absolute Gasteiger partial charge is 0.326 e. The highest BCUT2D eigenvalue weighted by Crippen LogP contribution is 2.16. The van der Waals surface area contributed by atoms with Crippen LogP contribution in [0.1, 0.15) is 5.56 Å². The second-order valence-electron chi connectivity index (χ2n) is 3.83. The highest BCUT2D eigenvalue weighted by Gasteiger charge is 2.04. The van der Waals surface area contributed by atoms with E-state index in [1.807, 2.05) is 34.9 Å². The standard InChI is InChI=1S/C13H12N4/c14-8-10-3-1-4-11(7-10)17-9-16-12-5-2-6-15-13(12)17/h1-7,9H,8,14H2. The molecule has 0 amide bonds. The molecule has 4 heteroatoms. The lowest BCUT2D eigenvalue weighted by Crippen LogP contribution is -1.99. The van der Waals surface area contributed by atoms with Gasteiger partial charge in [0.1, 0.15) is 11.8 Å². The highest BCUT2D eigenvalue weighted by molar-refractivity contribution is 5.72. The highest BCUT2D eigenvalue weighted by atomic mass is 15.1. The summed E-state index contributed by atoms with van der Waals surface area (Å²) in [4.78, 5) is 8.66. The van der Waals surface area contributed by atoms with E-state index < -0.39 is 0 Å². The first kappa shape index (κ1) is 9.99. The summed E-state index contributed by atoms with van der Waals surface area (Å²) < 4.78 is 1.97. The third-order valence-electron chi connectivity index (χ3n) is 2.73. The van der Waals surface area contributed by atoms with Crippen molar-refractivity contribution in [1.82, 2.24) is 14.5 Å². The maximum absolute atomic E-state index is 5.64. The smallest absolute Gasteiger partial charge is 0.164 e. The van der Waals surface area contributed by atoms with Crippen molar-refractivity contribution < 1.29 is 0 Å². The number of aromatic nitrogens is 3. The summed E-state index contributed by atoms with van der Waals surface area (Å²) in [5.41, 5.74) is 9.53. The van der Waals surface area contributed by atoms with Crippen molar-refractivity contribution in [1.29, 1.82) is 0 Å². The first-order valence-electron chi connectivity index (χ1n) is 5.46. The Balaban J connectivity index is 2.20. The number of nitrogens with zero attached hydrogens (tertiary/aromatic N) is 3. The molecule has 84 valence electrons. The van der Waals surface area contributed by atoms with Crippen molar-refractivity contribution in [3.8, 4) is 5.69 Å². The molecule has 0 aliphatic rings. The van der Waals surface area contributed by atoms with Crippen LogP contribution in [0.25, 0.3) is 16.9 Å². The van der Waals surface area contributed by atoms with Gasteiger partial charge in [-0.15, -0.1) is 0 Å². The van der Waals surface area contributed by atoms with Gasteiger partial charge in [-0.2, -0.15) is 0 Å². The van der Waals surface area contributed by atoms with Crippen LogP contribution in [0.2, 0.25) is 0 Å².